The molecule has 4 rings (SSSR count). The van der Waals surface area contributed by atoms with Crippen LogP contribution in [0.3, 0.4) is 0 Å². The Balaban J connectivity index is 1.61. The third-order valence-electron chi connectivity index (χ3n) is 6.09. The lowest BCUT2D eigenvalue weighted by molar-refractivity contribution is 0.0342. The van der Waals surface area contributed by atoms with Crippen molar-refractivity contribution in [2.45, 2.75) is 33.0 Å². The molecule has 1 N–H and O–H groups in total. The number of carbonyl (C=O) groups excluding carboxylic acids is 1. The number of nitrogens with one attached hydrogen (secondary N) is 1. The molecule has 1 aliphatic rings. The first-order valence-corrected chi connectivity index (χ1v) is 12.5. The Morgan fingerprint density at radius 3 is 2.57 bits per heavy atom. The normalized spacial score (nSPS) is 14.3. The second-order valence-electron chi connectivity index (χ2n) is 8.73. The second kappa shape index (κ2) is 12.3. The molecule has 35 heavy (non-hydrogen) atoms. The average molecular weight is 498 g/mol. The van der Waals surface area contributed by atoms with Crippen molar-refractivity contribution in [1.29, 1.82) is 0 Å². The van der Waals surface area contributed by atoms with Crippen LogP contribution >= 0.6 is 11.6 Å². The van der Waals surface area contributed by atoms with Gasteiger partial charge >= 0.3 is 0 Å². The summed E-state index contributed by atoms with van der Waals surface area (Å²) in [7, 11) is 0. The van der Waals surface area contributed by atoms with Crippen LogP contribution in [-0.2, 0) is 29.1 Å². The molecule has 8 heteroatoms. The van der Waals surface area contributed by atoms with Crippen LogP contribution in [0.2, 0.25) is 5.02 Å². The summed E-state index contributed by atoms with van der Waals surface area (Å²) in [4.78, 5) is 28.8. The van der Waals surface area contributed by atoms with E-state index in [0.29, 0.717) is 36.7 Å². The van der Waals surface area contributed by atoms with Gasteiger partial charge in [0.25, 0.3) is 5.91 Å². The van der Waals surface area contributed by atoms with E-state index in [1.165, 1.54) is 0 Å². The average Bonchev–Trinajstić information content (AvgIpc) is 2.88. The van der Waals surface area contributed by atoms with Crippen LogP contribution in [0.4, 0.5) is 0 Å². The molecule has 2 aromatic carbocycles. The number of nitrogens with zero attached hydrogens (tertiary/aromatic N) is 2. The van der Waals surface area contributed by atoms with Crippen LogP contribution < -0.4 is 10.7 Å². The van der Waals surface area contributed by atoms with E-state index in [4.69, 9.17) is 21.1 Å². The minimum atomic E-state index is -0.395. The SMILES string of the molecule is CCCOCCn1cc(C(=O)NCc2ccc(Cl)cc2)c(=O)c2cc(CN3CCOCC3)ccc21. The van der Waals surface area contributed by atoms with Gasteiger partial charge in [-0.2, -0.15) is 0 Å². The van der Waals surface area contributed by atoms with E-state index in [-0.39, 0.29) is 11.0 Å². The zero-order chi connectivity index (χ0) is 24.6. The van der Waals surface area contributed by atoms with Crippen molar-refractivity contribution in [2.75, 3.05) is 39.5 Å². The number of hydrogen-bond acceptors (Lipinski definition) is 5. The Kier molecular flexibility index (Phi) is 8.93. The Bertz CT molecular complexity index is 1200. The highest BCUT2D eigenvalue weighted by atomic mass is 35.5. The minimum Gasteiger partial charge on any atom is -0.380 e. The van der Waals surface area contributed by atoms with Crippen LogP contribution in [-0.4, -0.2) is 54.9 Å². The quantitative estimate of drug-likeness (QED) is 0.431. The fraction of sp³-hybridized carbons (Fsp3) is 0.407. The summed E-state index contributed by atoms with van der Waals surface area (Å²) in [5.74, 6) is -0.395. The maximum absolute atomic E-state index is 13.4. The van der Waals surface area contributed by atoms with Gasteiger partial charge in [0.15, 0.2) is 0 Å². The standard InChI is InChI=1S/C27H32ClN3O4/c1-2-12-34-15-11-31-19-24(27(33)29-17-20-3-6-22(28)7-4-20)26(32)23-16-21(5-8-25(23)31)18-30-9-13-35-14-10-30/h3-8,16,19H,2,9-15,17-18H2,1H3,(H,29,33). The molecule has 1 aliphatic heterocycles. The third-order valence-corrected chi connectivity index (χ3v) is 6.34. The van der Waals surface area contributed by atoms with Crippen LogP contribution in [0.25, 0.3) is 10.9 Å². The van der Waals surface area contributed by atoms with Gasteiger partial charge in [-0.05, 0) is 41.8 Å². The molecule has 1 saturated heterocycles. The number of fused-ring (bicyclic) bond motifs is 1. The maximum Gasteiger partial charge on any atom is 0.257 e. The van der Waals surface area contributed by atoms with E-state index in [1.54, 1.807) is 18.3 Å². The summed E-state index contributed by atoms with van der Waals surface area (Å²) in [6.07, 6.45) is 2.59. The molecule has 0 radical (unpaired) electrons. The Hall–Kier alpha value is -2.71. The van der Waals surface area contributed by atoms with Crippen molar-refractivity contribution >= 4 is 28.4 Å². The van der Waals surface area contributed by atoms with Crippen LogP contribution in [0.15, 0.2) is 53.5 Å². The first kappa shape index (κ1) is 25.4. The molecule has 7 nitrogen and oxygen atoms in total. The smallest absolute Gasteiger partial charge is 0.257 e. The number of benzene rings is 2. The highest BCUT2D eigenvalue weighted by Gasteiger charge is 2.17. The first-order valence-electron chi connectivity index (χ1n) is 12.1. The van der Waals surface area contributed by atoms with E-state index < -0.39 is 5.91 Å². The Morgan fingerprint density at radius 2 is 1.83 bits per heavy atom. The summed E-state index contributed by atoms with van der Waals surface area (Å²) in [5.41, 5.74) is 2.62. The molecule has 2 heterocycles. The molecule has 1 amide bonds. The molecule has 0 bridgehead atoms. The van der Waals surface area contributed by atoms with Gasteiger partial charge in [0, 0.05) is 55.9 Å². The molecule has 0 atom stereocenters. The Labute approximate surface area is 210 Å². The fourth-order valence-corrected chi connectivity index (χ4v) is 4.32. The summed E-state index contributed by atoms with van der Waals surface area (Å²) < 4.78 is 13.1. The molecule has 1 aromatic heterocycles. The topological polar surface area (TPSA) is 72.8 Å². The van der Waals surface area contributed by atoms with Gasteiger partial charge in [0.1, 0.15) is 5.56 Å². The molecule has 0 aliphatic carbocycles. The largest absolute Gasteiger partial charge is 0.380 e. The summed E-state index contributed by atoms with van der Waals surface area (Å²) >= 11 is 5.95. The van der Waals surface area contributed by atoms with E-state index in [9.17, 15) is 9.59 Å². The number of rotatable bonds is 10. The third kappa shape index (κ3) is 6.70. The number of aromatic nitrogens is 1. The summed E-state index contributed by atoms with van der Waals surface area (Å²) in [5, 5.41) is 4.06. The van der Waals surface area contributed by atoms with E-state index in [2.05, 4.69) is 23.2 Å². The van der Waals surface area contributed by atoms with Gasteiger partial charge in [-0.25, -0.2) is 0 Å². The molecule has 1 fully saturated rings. The highest BCUT2D eigenvalue weighted by molar-refractivity contribution is 6.30. The maximum atomic E-state index is 13.4. The summed E-state index contributed by atoms with van der Waals surface area (Å²) in [6.45, 7) is 8.02. The lowest BCUT2D eigenvalue weighted by Crippen LogP contribution is -2.35. The predicted molar refractivity (Wildman–Crippen MR) is 138 cm³/mol. The van der Waals surface area contributed by atoms with Crippen LogP contribution in [0.1, 0.15) is 34.8 Å². The zero-order valence-electron chi connectivity index (χ0n) is 20.1. The van der Waals surface area contributed by atoms with Crippen molar-refractivity contribution in [3.05, 3.63) is 80.6 Å². The molecule has 186 valence electrons. The van der Waals surface area contributed by atoms with Gasteiger partial charge in [-0.3, -0.25) is 14.5 Å². The van der Waals surface area contributed by atoms with Gasteiger partial charge < -0.3 is 19.4 Å². The molecule has 0 saturated carbocycles. The van der Waals surface area contributed by atoms with Gasteiger partial charge in [-0.15, -0.1) is 0 Å². The number of carbonyl (C=O) groups is 1. The van der Waals surface area contributed by atoms with Crippen molar-refractivity contribution in [1.82, 2.24) is 14.8 Å². The van der Waals surface area contributed by atoms with Crippen molar-refractivity contribution in [3.8, 4) is 0 Å². The van der Waals surface area contributed by atoms with E-state index in [0.717, 1.165) is 55.9 Å². The van der Waals surface area contributed by atoms with Crippen molar-refractivity contribution < 1.29 is 14.3 Å². The number of amides is 1. The predicted octanol–water partition coefficient (Wildman–Crippen LogP) is 3.84. The van der Waals surface area contributed by atoms with E-state index >= 15 is 0 Å². The number of hydrogen-bond donors (Lipinski definition) is 1. The zero-order valence-corrected chi connectivity index (χ0v) is 20.9. The minimum absolute atomic E-state index is 0.130. The van der Waals surface area contributed by atoms with Crippen molar-refractivity contribution in [2.24, 2.45) is 0 Å². The van der Waals surface area contributed by atoms with Crippen molar-refractivity contribution in [3.63, 3.8) is 0 Å². The fourth-order valence-electron chi connectivity index (χ4n) is 4.20. The lowest BCUT2D eigenvalue weighted by atomic mass is 10.1. The van der Waals surface area contributed by atoms with E-state index in [1.807, 2.05) is 28.8 Å². The van der Waals surface area contributed by atoms with Gasteiger partial charge in [0.2, 0.25) is 5.43 Å². The summed E-state index contributed by atoms with van der Waals surface area (Å²) in [6, 6.07) is 13.2. The van der Waals surface area contributed by atoms with Crippen LogP contribution in [0.5, 0.6) is 0 Å². The first-order chi connectivity index (χ1) is 17.0. The Morgan fingerprint density at radius 1 is 1.09 bits per heavy atom. The number of halogens is 1. The number of morpholine rings is 1. The van der Waals surface area contributed by atoms with Gasteiger partial charge in [0.05, 0.1) is 25.3 Å². The molecule has 0 spiro atoms. The molecular formula is C27H32ClN3O4. The lowest BCUT2D eigenvalue weighted by Gasteiger charge is -2.26. The molecular weight excluding hydrogens is 466 g/mol. The van der Waals surface area contributed by atoms with Gasteiger partial charge in [-0.1, -0.05) is 36.7 Å². The molecule has 0 unspecified atom stereocenters. The second-order valence-corrected chi connectivity index (χ2v) is 9.16. The number of pyridine rings is 1. The highest BCUT2D eigenvalue weighted by Crippen LogP contribution is 2.17. The monoisotopic (exact) mass is 497 g/mol. The number of ether oxygens (including phenoxy) is 2. The van der Waals surface area contributed by atoms with Crippen LogP contribution in [0, 0.1) is 0 Å². The molecule has 3 aromatic rings.